The number of benzene rings is 4. The van der Waals surface area contributed by atoms with E-state index < -0.39 is 10.8 Å². The monoisotopic (exact) mass is 434 g/mol. The standard InChI is InChI=1S/C30H26OS/c31-32(23-21-29(25-13-5-1-6-14-25)26-15-7-2-8-16-26)24-22-30(27-17-9-3-10-18-27)28-19-11-4-12-20-28/h1-22H,23-24H2. The molecule has 32 heavy (non-hydrogen) atoms. The lowest BCUT2D eigenvalue weighted by Crippen LogP contribution is -2.01. The lowest BCUT2D eigenvalue weighted by molar-refractivity contribution is 0.687. The fourth-order valence-electron chi connectivity index (χ4n) is 3.70. The molecule has 0 amide bonds. The molecule has 0 saturated heterocycles. The average Bonchev–Trinajstić information content (AvgIpc) is 2.87. The summed E-state index contributed by atoms with van der Waals surface area (Å²) in [5, 5.41) is 0. The molecule has 0 aliphatic carbocycles. The lowest BCUT2D eigenvalue weighted by atomic mass is 9.98. The quantitative estimate of drug-likeness (QED) is 0.292. The topological polar surface area (TPSA) is 17.1 Å². The molecule has 1 nitrogen and oxygen atoms in total. The van der Waals surface area contributed by atoms with E-state index >= 15 is 0 Å². The molecule has 0 saturated carbocycles. The van der Waals surface area contributed by atoms with Crippen LogP contribution in [0.5, 0.6) is 0 Å². The predicted molar refractivity (Wildman–Crippen MR) is 138 cm³/mol. The van der Waals surface area contributed by atoms with Gasteiger partial charge in [0.25, 0.3) is 0 Å². The first kappa shape index (κ1) is 21.7. The largest absolute Gasteiger partial charge is 0.259 e. The van der Waals surface area contributed by atoms with Gasteiger partial charge >= 0.3 is 0 Å². The van der Waals surface area contributed by atoms with Crippen LogP contribution in [0.1, 0.15) is 22.3 Å². The second-order valence-electron chi connectivity index (χ2n) is 7.47. The van der Waals surface area contributed by atoms with Gasteiger partial charge in [0.15, 0.2) is 0 Å². The molecule has 0 aromatic heterocycles. The number of hydrogen-bond donors (Lipinski definition) is 0. The van der Waals surface area contributed by atoms with Crippen molar-refractivity contribution in [1.82, 2.24) is 0 Å². The third kappa shape index (κ3) is 5.81. The summed E-state index contributed by atoms with van der Waals surface area (Å²) in [7, 11) is -1.01. The van der Waals surface area contributed by atoms with Crippen LogP contribution in [0.25, 0.3) is 11.1 Å². The molecule has 0 unspecified atom stereocenters. The highest BCUT2D eigenvalue weighted by molar-refractivity contribution is 7.85. The van der Waals surface area contributed by atoms with E-state index in [9.17, 15) is 4.21 Å². The van der Waals surface area contributed by atoms with Gasteiger partial charge in [0, 0.05) is 22.3 Å². The van der Waals surface area contributed by atoms with Crippen LogP contribution in [-0.4, -0.2) is 15.7 Å². The molecule has 0 N–H and O–H groups in total. The Morgan fingerprint density at radius 3 is 0.969 bits per heavy atom. The van der Waals surface area contributed by atoms with E-state index in [1.807, 2.05) is 72.8 Å². The van der Waals surface area contributed by atoms with Gasteiger partial charge in [-0.2, -0.15) is 0 Å². The van der Waals surface area contributed by atoms with E-state index in [0.29, 0.717) is 11.5 Å². The Morgan fingerprint density at radius 2 is 0.719 bits per heavy atom. The molecule has 4 aromatic rings. The molecule has 4 rings (SSSR count). The first-order chi connectivity index (χ1) is 15.8. The van der Waals surface area contributed by atoms with Gasteiger partial charge in [-0.3, -0.25) is 4.21 Å². The molecule has 0 bridgehead atoms. The summed E-state index contributed by atoms with van der Waals surface area (Å²) in [5.41, 5.74) is 6.80. The fraction of sp³-hybridized carbons (Fsp3) is 0.0667. The molecule has 0 spiro atoms. The van der Waals surface area contributed by atoms with Crippen molar-refractivity contribution in [3.05, 3.63) is 156 Å². The van der Waals surface area contributed by atoms with Gasteiger partial charge in [0.05, 0.1) is 0 Å². The first-order valence-corrected chi connectivity index (χ1v) is 12.3. The van der Waals surface area contributed by atoms with Gasteiger partial charge in [-0.15, -0.1) is 0 Å². The Kier molecular flexibility index (Phi) is 7.62. The normalized spacial score (nSPS) is 10.5. The Morgan fingerprint density at radius 1 is 0.469 bits per heavy atom. The van der Waals surface area contributed by atoms with E-state index in [2.05, 4.69) is 60.7 Å². The van der Waals surface area contributed by atoms with Crippen LogP contribution in [0, 0.1) is 0 Å². The van der Waals surface area contributed by atoms with Gasteiger partial charge in [-0.05, 0) is 33.4 Å². The van der Waals surface area contributed by atoms with Crippen molar-refractivity contribution in [2.24, 2.45) is 0 Å². The zero-order valence-corrected chi connectivity index (χ0v) is 18.7. The minimum Gasteiger partial charge on any atom is -0.259 e. The van der Waals surface area contributed by atoms with E-state index in [1.54, 1.807) is 0 Å². The van der Waals surface area contributed by atoms with Gasteiger partial charge in [0.2, 0.25) is 0 Å². The summed E-state index contributed by atoms with van der Waals surface area (Å²) >= 11 is 0. The predicted octanol–water partition coefficient (Wildman–Crippen LogP) is 7.00. The van der Waals surface area contributed by atoms with Crippen molar-refractivity contribution in [3.63, 3.8) is 0 Å². The first-order valence-electron chi connectivity index (χ1n) is 10.8. The van der Waals surface area contributed by atoms with Crippen molar-refractivity contribution in [2.75, 3.05) is 11.5 Å². The molecule has 2 heteroatoms. The average molecular weight is 435 g/mol. The molecule has 0 atom stereocenters. The van der Waals surface area contributed by atoms with Crippen molar-refractivity contribution >= 4 is 21.9 Å². The van der Waals surface area contributed by atoms with E-state index in [-0.39, 0.29) is 0 Å². The van der Waals surface area contributed by atoms with Crippen molar-refractivity contribution < 1.29 is 4.21 Å². The molecule has 0 radical (unpaired) electrons. The Labute approximate surface area is 193 Å². The van der Waals surface area contributed by atoms with Crippen molar-refractivity contribution in [3.8, 4) is 0 Å². The Bertz CT molecular complexity index is 1010. The Hall–Kier alpha value is -3.49. The summed E-state index contributed by atoms with van der Waals surface area (Å²) in [4.78, 5) is 0. The lowest BCUT2D eigenvalue weighted by Gasteiger charge is -2.10. The van der Waals surface area contributed by atoms with Crippen LogP contribution < -0.4 is 0 Å². The van der Waals surface area contributed by atoms with Gasteiger partial charge in [0.1, 0.15) is 0 Å². The number of rotatable bonds is 8. The molecule has 4 aromatic carbocycles. The highest BCUT2D eigenvalue weighted by Crippen LogP contribution is 2.24. The van der Waals surface area contributed by atoms with E-state index in [0.717, 1.165) is 33.4 Å². The van der Waals surface area contributed by atoms with Gasteiger partial charge < -0.3 is 0 Å². The zero-order chi connectivity index (χ0) is 22.0. The SMILES string of the molecule is O=S(CC=C(c1ccccc1)c1ccccc1)CC=C(c1ccccc1)c1ccccc1. The molecule has 0 fully saturated rings. The molecule has 0 aliphatic heterocycles. The second kappa shape index (κ2) is 11.2. The summed E-state index contributed by atoms with van der Waals surface area (Å²) in [6.45, 7) is 0. The molecule has 0 aliphatic rings. The molecule has 158 valence electrons. The summed E-state index contributed by atoms with van der Waals surface area (Å²) < 4.78 is 13.0. The minimum absolute atomic E-state index is 0.506. The van der Waals surface area contributed by atoms with Crippen molar-refractivity contribution in [2.45, 2.75) is 0 Å². The van der Waals surface area contributed by atoms with Crippen LogP contribution in [-0.2, 0) is 10.8 Å². The third-order valence-corrected chi connectivity index (χ3v) is 6.36. The Balaban J connectivity index is 1.57. The fourth-order valence-corrected chi connectivity index (χ4v) is 4.54. The van der Waals surface area contributed by atoms with Crippen LogP contribution in [0.15, 0.2) is 133 Å². The van der Waals surface area contributed by atoms with Crippen LogP contribution in [0.2, 0.25) is 0 Å². The van der Waals surface area contributed by atoms with Crippen LogP contribution >= 0.6 is 0 Å². The summed E-state index contributed by atoms with van der Waals surface area (Å²) in [6, 6.07) is 41.2. The van der Waals surface area contributed by atoms with Crippen LogP contribution in [0.4, 0.5) is 0 Å². The van der Waals surface area contributed by atoms with Crippen LogP contribution in [0.3, 0.4) is 0 Å². The van der Waals surface area contributed by atoms with E-state index in [4.69, 9.17) is 0 Å². The van der Waals surface area contributed by atoms with Gasteiger partial charge in [-0.25, -0.2) is 0 Å². The minimum atomic E-state index is -1.01. The van der Waals surface area contributed by atoms with E-state index in [1.165, 1.54) is 0 Å². The smallest absolute Gasteiger partial charge is 0.0427 e. The third-order valence-electron chi connectivity index (χ3n) is 5.29. The molecule has 0 heterocycles. The van der Waals surface area contributed by atoms with Crippen molar-refractivity contribution in [1.29, 1.82) is 0 Å². The summed E-state index contributed by atoms with van der Waals surface area (Å²) in [5.74, 6) is 1.01. The summed E-state index contributed by atoms with van der Waals surface area (Å²) in [6.07, 6.45) is 4.22. The molecular formula is C30H26OS. The second-order valence-corrected chi connectivity index (χ2v) is 9.02. The van der Waals surface area contributed by atoms with Gasteiger partial charge in [-0.1, -0.05) is 133 Å². The highest BCUT2D eigenvalue weighted by Gasteiger charge is 2.07. The number of hydrogen-bond acceptors (Lipinski definition) is 1. The highest BCUT2D eigenvalue weighted by atomic mass is 32.2. The maximum Gasteiger partial charge on any atom is 0.0427 e. The maximum atomic E-state index is 13.0. The zero-order valence-electron chi connectivity index (χ0n) is 17.9. The molecular weight excluding hydrogens is 408 g/mol. The maximum absolute atomic E-state index is 13.0.